The second-order valence-electron chi connectivity index (χ2n) is 4.71. The molecule has 1 N–H and O–H groups in total. The number of nitrogens with one attached hydrogen (secondary N) is 1. The quantitative estimate of drug-likeness (QED) is 0.828. The first-order valence-corrected chi connectivity index (χ1v) is 7.02. The van der Waals surface area contributed by atoms with E-state index < -0.39 is 0 Å². The van der Waals surface area contributed by atoms with Crippen molar-refractivity contribution in [2.24, 2.45) is 0 Å². The van der Waals surface area contributed by atoms with E-state index in [1.165, 1.54) is 25.9 Å². The summed E-state index contributed by atoms with van der Waals surface area (Å²) in [6.07, 6.45) is 4.49. The van der Waals surface area contributed by atoms with Crippen molar-refractivity contribution in [2.45, 2.75) is 39.5 Å². The molecule has 1 aliphatic rings. The SMILES string of the molecule is CCc1nnc(NCCN2CCCC2)nc1CC. The molecule has 100 valence electrons. The zero-order valence-corrected chi connectivity index (χ0v) is 11.4. The van der Waals surface area contributed by atoms with Gasteiger partial charge in [0.05, 0.1) is 11.4 Å². The average molecular weight is 249 g/mol. The molecule has 0 unspecified atom stereocenters. The first-order chi connectivity index (χ1) is 8.83. The molecule has 1 aromatic rings. The molecule has 0 amide bonds. The molecular weight excluding hydrogens is 226 g/mol. The average Bonchev–Trinajstić information content (AvgIpc) is 2.91. The molecule has 0 aliphatic carbocycles. The van der Waals surface area contributed by atoms with E-state index >= 15 is 0 Å². The molecule has 1 aromatic heterocycles. The highest BCUT2D eigenvalue weighted by atomic mass is 15.3. The second kappa shape index (κ2) is 6.64. The van der Waals surface area contributed by atoms with Crippen molar-refractivity contribution in [1.82, 2.24) is 20.1 Å². The third kappa shape index (κ3) is 3.38. The summed E-state index contributed by atoms with van der Waals surface area (Å²) in [5, 5.41) is 11.6. The predicted octanol–water partition coefficient (Wildman–Crippen LogP) is 1.50. The first-order valence-electron chi connectivity index (χ1n) is 7.02. The predicted molar refractivity (Wildman–Crippen MR) is 72.7 cm³/mol. The van der Waals surface area contributed by atoms with Crippen LogP contribution < -0.4 is 5.32 Å². The van der Waals surface area contributed by atoms with Gasteiger partial charge in [0.25, 0.3) is 0 Å². The maximum absolute atomic E-state index is 4.52. The fourth-order valence-electron chi connectivity index (χ4n) is 2.34. The van der Waals surface area contributed by atoms with Gasteiger partial charge in [-0.25, -0.2) is 4.98 Å². The van der Waals surface area contributed by atoms with Crippen LogP contribution in [0.15, 0.2) is 0 Å². The van der Waals surface area contributed by atoms with Gasteiger partial charge in [0.15, 0.2) is 0 Å². The second-order valence-corrected chi connectivity index (χ2v) is 4.71. The number of rotatable bonds is 6. The van der Waals surface area contributed by atoms with Gasteiger partial charge in [-0.3, -0.25) is 0 Å². The molecule has 18 heavy (non-hydrogen) atoms. The summed E-state index contributed by atoms with van der Waals surface area (Å²) >= 11 is 0. The van der Waals surface area contributed by atoms with Crippen LogP contribution in [-0.2, 0) is 12.8 Å². The van der Waals surface area contributed by atoms with Gasteiger partial charge in [0.1, 0.15) is 0 Å². The lowest BCUT2D eigenvalue weighted by atomic mass is 10.2. The summed E-state index contributed by atoms with van der Waals surface area (Å²) in [5.74, 6) is 0.670. The number of nitrogens with zero attached hydrogens (tertiary/aromatic N) is 4. The standard InChI is InChI=1S/C13H23N5/c1-3-11-12(4-2)16-17-13(15-11)14-7-10-18-8-5-6-9-18/h3-10H2,1-2H3,(H,14,15,17). The highest BCUT2D eigenvalue weighted by Crippen LogP contribution is 2.08. The van der Waals surface area contributed by atoms with E-state index in [-0.39, 0.29) is 0 Å². The normalized spacial score (nSPS) is 16.1. The Kier molecular flexibility index (Phi) is 4.87. The van der Waals surface area contributed by atoms with Crippen LogP contribution in [0.3, 0.4) is 0 Å². The van der Waals surface area contributed by atoms with Gasteiger partial charge in [-0.15, -0.1) is 5.10 Å². The number of hydrogen-bond donors (Lipinski definition) is 1. The maximum Gasteiger partial charge on any atom is 0.243 e. The van der Waals surface area contributed by atoms with Crippen LogP contribution >= 0.6 is 0 Å². The molecule has 2 heterocycles. The highest BCUT2D eigenvalue weighted by Gasteiger charge is 2.11. The van der Waals surface area contributed by atoms with Gasteiger partial charge >= 0.3 is 0 Å². The molecule has 0 spiro atoms. The number of aryl methyl sites for hydroxylation is 2. The highest BCUT2D eigenvalue weighted by molar-refractivity contribution is 5.25. The Morgan fingerprint density at radius 3 is 2.44 bits per heavy atom. The molecule has 1 saturated heterocycles. The van der Waals surface area contributed by atoms with E-state index in [4.69, 9.17) is 0 Å². The lowest BCUT2D eigenvalue weighted by Gasteiger charge is -2.14. The first kappa shape index (κ1) is 13.2. The van der Waals surface area contributed by atoms with Crippen molar-refractivity contribution < 1.29 is 0 Å². The Bertz CT molecular complexity index is 374. The van der Waals surface area contributed by atoms with Crippen LogP contribution in [0.2, 0.25) is 0 Å². The molecule has 0 radical (unpaired) electrons. The van der Waals surface area contributed by atoms with Gasteiger partial charge in [0.2, 0.25) is 5.95 Å². The van der Waals surface area contributed by atoms with Gasteiger partial charge < -0.3 is 10.2 Å². The fraction of sp³-hybridized carbons (Fsp3) is 0.769. The van der Waals surface area contributed by atoms with Crippen molar-refractivity contribution in [3.8, 4) is 0 Å². The molecule has 0 saturated carbocycles. The largest absolute Gasteiger partial charge is 0.352 e. The monoisotopic (exact) mass is 249 g/mol. The summed E-state index contributed by atoms with van der Waals surface area (Å²) in [5.41, 5.74) is 2.08. The number of anilines is 1. The number of likely N-dealkylation sites (tertiary alicyclic amines) is 1. The smallest absolute Gasteiger partial charge is 0.243 e. The van der Waals surface area contributed by atoms with Gasteiger partial charge in [0, 0.05) is 13.1 Å². The van der Waals surface area contributed by atoms with Gasteiger partial charge in [-0.1, -0.05) is 13.8 Å². The number of hydrogen-bond acceptors (Lipinski definition) is 5. The zero-order chi connectivity index (χ0) is 12.8. The van der Waals surface area contributed by atoms with E-state index in [0.29, 0.717) is 5.95 Å². The Hall–Kier alpha value is -1.23. The molecule has 1 aliphatic heterocycles. The minimum atomic E-state index is 0.670. The van der Waals surface area contributed by atoms with Crippen LogP contribution in [0.25, 0.3) is 0 Å². The van der Waals surface area contributed by atoms with Crippen molar-refractivity contribution in [1.29, 1.82) is 0 Å². The van der Waals surface area contributed by atoms with E-state index in [1.54, 1.807) is 0 Å². The fourth-order valence-corrected chi connectivity index (χ4v) is 2.34. The molecule has 2 rings (SSSR count). The molecule has 1 fully saturated rings. The summed E-state index contributed by atoms with van der Waals surface area (Å²) in [6.45, 7) is 8.63. The minimum Gasteiger partial charge on any atom is -0.352 e. The number of aromatic nitrogens is 3. The van der Waals surface area contributed by atoms with Crippen molar-refractivity contribution >= 4 is 5.95 Å². The summed E-state index contributed by atoms with van der Waals surface area (Å²) < 4.78 is 0. The molecular formula is C13H23N5. The topological polar surface area (TPSA) is 53.9 Å². The van der Waals surface area contributed by atoms with Crippen molar-refractivity contribution in [3.63, 3.8) is 0 Å². The van der Waals surface area contributed by atoms with Gasteiger partial charge in [-0.2, -0.15) is 5.10 Å². The van der Waals surface area contributed by atoms with Crippen LogP contribution in [0.4, 0.5) is 5.95 Å². The molecule has 5 nitrogen and oxygen atoms in total. The molecule has 0 aromatic carbocycles. The Morgan fingerprint density at radius 2 is 1.78 bits per heavy atom. The third-order valence-electron chi connectivity index (χ3n) is 3.42. The van der Waals surface area contributed by atoms with Crippen LogP contribution in [0, 0.1) is 0 Å². The van der Waals surface area contributed by atoms with E-state index in [0.717, 1.165) is 37.3 Å². The lowest BCUT2D eigenvalue weighted by molar-refractivity contribution is 0.352. The summed E-state index contributed by atoms with van der Waals surface area (Å²) in [4.78, 5) is 7.00. The van der Waals surface area contributed by atoms with E-state index in [1.807, 2.05) is 0 Å². The van der Waals surface area contributed by atoms with Crippen molar-refractivity contribution in [3.05, 3.63) is 11.4 Å². The Labute approximate surface area is 109 Å². The minimum absolute atomic E-state index is 0.670. The molecule has 0 atom stereocenters. The van der Waals surface area contributed by atoms with Crippen LogP contribution in [-0.4, -0.2) is 46.3 Å². The Morgan fingerprint density at radius 1 is 1.06 bits per heavy atom. The summed E-state index contributed by atoms with van der Waals surface area (Å²) in [7, 11) is 0. The Balaban J connectivity index is 1.84. The maximum atomic E-state index is 4.52. The van der Waals surface area contributed by atoms with Crippen molar-refractivity contribution in [2.75, 3.05) is 31.5 Å². The zero-order valence-electron chi connectivity index (χ0n) is 11.4. The molecule has 0 bridgehead atoms. The van der Waals surface area contributed by atoms with E-state index in [2.05, 4.69) is 39.2 Å². The lowest BCUT2D eigenvalue weighted by Crippen LogP contribution is -2.26. The van der Waals surface area contributed by atoms with Crippen LogP contribution in [0.1, 0.15) is 38.1 Å². The van der Waals surface area contributed by atoms with Crippen LogP contribution in [0.5, 0.6) is 0 Å². The van der Waals surface area contributed by atoms with Gasteiger partial charge in [-0.05, 0) is 38.8 Å². The molecule has 5 heteroatoms. The summed E-state index contributed by atoms with van der Waals surface area (Å²) in [6, 6.07) is 0. The third-order valence-corrected chi connectivity index (χ3v) is 3.42. The van der Waals surface area contributed by atoms with E-state index in [9.17, 15) is 0 Å².